The zero-order chi connectivity index (χ0) is 15.8. The Labute approximate surface area is 126 Å². The van der Waals surface area contributed by atoms with Gasteiger partial charge in [-0.05, 0) is 24.6 Å². The molecule has 0 atom stereocenters. The first-order valence-electron chi connectivity index (χ1n) is 6.28. The van der Waals surface area contributed by atoms with E-state index in [9.17, 15) is 14.4 Å². The van der Waals surface area contributed by atoms with Crippen LogP contribution >= 0.6 is 11.6 Å². The molecule has 7 nitrogen and oxygen atoms in total. The van der Waals surface area contributed by atoms with Gasteiger partial charge in [0, 0.05) is 11.6 Å². The van der Waals surface area contributed by atoms with E-state index in [1.54, 1.807) is 0 Å². The van der Waals surface area contributed by atoms with Crippen LogP contribution in [0.2, 0.25) is 5.02 Å². The van der Waals surface area contributed by atoms with Gasteiger partial charge in [-0.1, -0.05) is 18.5 Å². The molecule has 0 aliphatic carbocycles. The molecule has 0 spiro atoms. The first kappa shape index (κ1) is 16.8. The SMILES string of the molecule is CCCNC(=O)CNC(=O)Nc1cc(Cl)ccc1C(=O)O. The van der Waals surface area contributed by atoms with Crippen molar-refractivity contribution in [1.29, 1.82) is 0 Å². The summed E-state index contributed by atoms with van der Waals surface area (Å²) in [5, 5.41) is 16.6. The Balaban J connectivity index is 2.60. The summed E-state index contributed by atoms with van der Waals surface area (Å²) in [6.07, 6.45) is 0.794. The van der Waals surface area contributed by atoms with Gasteiger partial charge in [-0.15, -0.1) is 0 Å². The Morgan fingerprint density at radius 1 is 1.24 bits per heavy atom. The van der Waals surface area contributed by atoms with E-state index in [0.717, 1.165) is 6.42 Å². The predicted molar refractivity (Wildman–Crippen MR) is 78.7 cm³/mol. The number of hydrogen-bond acceptors (Lipinski definition) is 3. The number of hydrogen-bond donors (Lipinski definition) is 4. The molecule has 0 fully saturated rings. The van der Waals surface area contributed by atoms with Gasteiger partial charge in [0.25, 0.3) is 0 Å². The average Bonchev–Trinajstić information content (AvgIpc) is 2.42. The topological polar surface area (TPSA) is 108 Å². The van der Waals surface area contributed by atoms with Crippen LogP contribution in [0.4, 0.5) is 10.5 Å². The number of halogens is 1. The molecule has 0 aromatic heterocycles. The molecule has 4 N–H and O–H groups in total. The third-order valence-electron chi connectivity index (χ3n) is 2.44. The third-order valence-corrected chi connectivity index (χ3v) is 2.68. The maximum Gasteiger partial charge on any atom is 0.337 e. The summed E-state index contributed by atoms with van der Waals surface area (Å²) in [7, 11) is 0. The van der Waals surface area contributed by atoms with Crippen molar-refractivity contribution in [3.63, 3.8) is 0 Å². The van der Waals surface area contributed by atoms with E-state index in [1.165, 1.54) is 18.2 Å². The molecule has 0 radical (unpaired) electrons. The summed E-state index contributed by atoms with van der Waals surface area (Å²) >= 11 is 5.76. The van der Waals surface area contributed by atoms with Crippen molar-refractivity contribution in [1.82, 2.24) is 10.6 Å². The van der Waals surface area contributed by atoms with Crippen molar-refractivity contribution in [3.8, 4) is 0 Å². The van der Waals surface area contributed by atoms with Crippen molar-refractivity contribution in [2.45, 2.75) is 13.3 Å². The predicted octanol–water partition coefficient (Wildman–Crippen LogP) is 1.69. The molecule has 0 aliphatic heterocycles. The number of carboxylic acid groups (broad SMARTS) is 1. The highest BCUT2D eigenvalue weighted by molar-refractivity contribution is 6.31. The third kappa shape index (κ3) is 5.70. The number of carbonyl (C=O) groups is 3. The van der Waals surface area contributed by atoms with Gasteiger partial charge >= 0.3 is 12.0 Å². The van der Waals surface area contributed by atoms with Crippen LogP contribution < -0.4 is 16.0 Å². The van der Waals surface area contributed by atoms with Crippen LogP contribution in [0.15, 0.2) is 18.2 Å². The zero-order valence-electron chi connectivity index (χ0n) is 11.4. The Kier molecular flexibility index (Phi) is 6.48. The molecule has 8 heteroatoms. The molecule has 114 valence electrons. The lowest BCUT2D eigenvalue weighted by molar-refractivity contribution is -0.120. The Morgan fingerprint density at radius 2 is 1.95 bits per heavy atom. The Morgan fingerprint density at radius 3 is 2.57 bits per heavy atom. The maximum atomic E-state index is 11.6. The van der Waals surface area contributed by atoms with Gasteiger partial charge in [0.2, 0.25) is 5.91 Å². The van der Waals surface area contributed by atoms with Gasteiger partial charge in [-0.3, -0.25) is 4.79 Å². The first-order valence-corrected chi connectivity index (χ1v) is 6.66. The molecule has 21 heavy (non-hydrogen) atoms. The van der Waals surface area contributed by atoms with Crippen molar-refractivity contribution in [2.75, 3.05) is 18.4 Å². The average molecular weight is 314 g/mol. The molecule has 3 amide bonds. The van der Waals surface area contributed by atoms with Gasteiger partial charge in [-0.2, -0.15) is 0 Å². The molecule has 0 bridgehead atoms. The molecule has 0 saturated carbocycles. The number of amides is 3. The highest BCUT2D eigenvalue weighted by Gasteiger charge is 2.13. The quantitative estimate of drug-likeness (QED) is 0.641. The number of urea groups is 1. The molecular formula is C13H16ClN3O4. The minimum Gasteiger partial charge on any atom is -0.478 e. The highest BCUT2D eigenvalue weighted by atomic mass is 35.5. The second-order valence-corrected chi connectivity index (χ2v) is 4.59. The van der Waals surface area contributed by atoms with Crippen molar-refractivity contribution in [3.05, 3.63) is 28.8 Å². The van der Waals surface area contributed by atoms with Crippen LogP contribution in [-0.4, -0.2) is 36.1 Å². The van der Waals surface area contributed by atoms with Crippen LogP contribution in [0.5, 0.6) is 0 Å². The molecule has 1 aromatic carbocycles. The minimum atomic E-state index is -1.19. The second-order valence-electron chi connectivity index (χ2n) is 4.15. The molecule has 1 aromatic rings. The first-order chi connectivity index (χ1) is 9.93. The van der Waals surface area contributed by atoms with E-state index in [-0.39, 0.29) is 28.7 Å². The zero-order valence-corrected chi connectivity index (χ0v) is 12.2. The number of nitrogens with one attached hydrogen (secondary N) is 3. The fraction of sp³-hybridized carbons (Fsp3) is 0.308. The van der Waals surface area contributed by atoms with Gasteiger partial charge in [0.15, 0.2) is 0 Å². The lowest BCUT2D eigenvalue weighted by Crippen LogP contribution is -2.39. The number of anilines is 1. The van der Waals surface area contributed by atoms with E-state index in [0.29, 0.717) is 6.54 Å². The largest absolute Gasteiger partial charge is 0.478 e. The van der Waals surface area contributed by atoms with Crippen molar-refractivity contribution >= 4 is 35.2 Å². The lowest BCUT2D eigenvalue weighted by atomic mass is 10.2. The summed E-state index contributed by atoms with van der Waals surface area (Å²) in [5.41, 5.74) is -0.0357. The summed E-state index contributed by atoms with van der Waals surface area (Å²) in [6, 6.07) is 3.33. The molecular weight excluding hydrogens is 298 g/mol. The smallest absolute Gasteiger partial charge is 0.337 e. The van der Waals surface area contributed by atoms with Crippen LogP contribution in [0.1, 0.15) is 23.7 Å². The normalized spacial score (nSPS) is 9.81. The number of carboxylic acids is 1. The van der Waals surface area contributed by atoms with Crippen molar-refractivity contribution < 1.29 is 19.5 Å². The number of benzene rings is 1. The number of carbonyl (C=O) groups excluding carboxylic acids is 2. The maximum absolute atomic E-state index is 11.6. The highest BCUT2D eigenvalue weighted by Crippen LogP contribution is 2.21. The number of rotatable bonds is 6. The molecule has 0 unspecified atom stereocenters. The van der Waals surface area contributed by atoms with E-state index in [4.69, 9.17) is 16.7 Å². The number of aromatic carboxylic acids is 1. The molecule has 0 saturated heterocycles. The van der Waals surface area contributed by atoms with Crippen molar-refractivity contribution in [2.24, 2.45) is 0 Å². The lowest BCUT2D eigenvalue weighted by Gasteiger charge is -2.10. The van der Waals surface area contributed by atoms with Gasteiger partial charge < -0.3 is 21.1 Å². The minimum absolute atomic E-state index is 0.0569. The second kappa shape index (κ2) is 8.11. The van der Waals surface area contributed by atoms with E-state index < -0.39 is 12.0 Å². The molecule has 1 rings (SSSR count). The summed E-state index contributed by atoms with van der Waals surface area (Å²) < 4.78 is 0. The summed E-state index contributed by atoms with van der Waals surface area (Å²) in [5.74, 6) is -1.51. The summed E-state index contributed by atoms with van der Waals surface area (Å²) in [4.78, 5) is 34.0. The molecule has 0 aliphatic rings. The van der Waals surface area contributed by atoms with Crippen LogP contribution in [0.3, 0.4) is 0 Å². The summed E-state index contributed by atoms with van der Waals surface area (Å²) in [6.45, 7) is 2.24. The fourth-order valence-corrected chi connectivity index (χ4v) is 1.63. The Bertz CT molecular complexity index is 548. The standard InChI is InChI=1S/C13H16ClN3O4/c1-2-5-15-11(18)7-16-13(21)17-10-6-8(14)3-4-9(10)12(19)20/h3-4,6H,2,5,7H2,1H3,(H,15,18)(H,19,20)(H2,16,17,21). The Hall–Kier alpha value is -2.28. The van der Waals surface area contributed by atoms with Crippen LogP contribution in [0.25, 0.3) is 0 Å². The van der Waals surface area contributed by atoms with E-state index in [2.05, 4.69) is 16.0 Å². The molecule has 0 heterocycles. The monoisotopic (exact) mass is 313 g/mol. The van der Waals surface area contributed by atoms with Gasteiger partial charge in [0.1, 0.15) is 0 Å². The van der Waals surface area contributed by atoms with Crippen LogP contribution in [0, 0.1) is 0 Å². The fourth-order valence-electron chi connectivity index (χ4n) is 1.46. The van der Waals surface area contributed by atoms with Gasteiger partial charge in [-0.25, -0.2) is 9.59 Å². The van der Waals surface area contributed by atoms with E-state index in [1.807, 2.05) is 6.92 Å². The van der Waals surface area contributed by atoms with E-state index >= 15 is 0 Å². The van der Waals surface area contributed by atoms with Gasteiger partial charge in [0.05, 0.1) is 17.8 Å². The van der Waals surface area contributed by atoms with Crippen LogP contribution in [-0.2, 0) is 4.79 Å².